The number of benzene rings is 2. The topological polar surface area (TPSA) is 108 Å². The van der Waals surface area contributed by atoms with Gasteiger partial charge in [-0.25, -0.2) is 9.97 Å². The van der Waals surface area contributed by atoms with Gasteiger partial charge < -0.3 is 10.6 Å². The highest BCUT2D eigenvalue weighted by Crippen LogP contribution is 2.32. The Hall–Kier alpha value is -4.80. The van der Waals surface area contributed by atoms with Crippen molar-refractivity contribution < 1.29 is 18.0 Å². The molecule has 8 nitrogen and oxygen atoms in total. The molecule has 0 aliphatic rings. The summed E-state index contributed by atoms with van der Waals surface area (Å²) in [7, 11) is 0. The van der Waals surface area contributed by atoms with E-state index in [4.69, 9.17) is 0 Å². The molecule has 0 radical (unpaired) electrons. The number of nitrogens with zero attached hydrogens (tertiary/aromatic N) is 4. The molecule has 0 spiro atoms. The van der Waals surface area contributed by atoms with Crippen LogP contribution in [0.1, 0.15) is 27.2 Å². The molecule has 37 heavy (non-hydrogen) atoms. The van der Waals surface area contributed by atoms with Crippen LogP contribution in [0.3, 0.4) is 0 Å². The predicted octanol–water partition coefficient (Wildman–Crippen LogP) is 6.05. The predicted molar refractivity (Wildman–Crippen MR) is 134 cm³/mol. The normalized spacial score (nSPS) is 11.5. The van der Waals surface area contributed by atoms with Crippen LogP contribution in [-0.2, 0) is 6.18 Å². The zero-order valence-electron chi connectivity index (χ0n) is 19.7. The summed E-state index contributed by atoms with van der Waals surface area (Å²) in [4.78, 5) is 26.2. The molecule has 1 amide bonds. The third-order valence-electron chi connectivity index (χ3n) is 5.71. The molecule has 5 rings (SSSR count). The SMILES string of the molecule is Cc1ccc(C(=O)Nc2cccc(C(F)(F)F)c2)cc1Nc1nc(-c2cccnc2)nc2n[nH]c(C)c12. The minimum Gasteiger partial charge on any atom is -0.339 e. The number of nitrogens with one attached hydrogen (secondary N) is 3. The fraction of sp³-hybridized carbons (Fsp3) is 0.115. The molecule has 0 fully saturated rings. The molecular formula is C26H20F3N7O. The maximum atomic E-state index is 13.0. The summed E-state index contributed by atoms with van der Waals surface area (Å²) in [6.07, 6.45) is -1.21. The molecule has 0 saturated carbocycles. The average Bonchev–Trinajstić information content (AvgIpc) is 3.26. The molecule has 5 aromatic rings. The first-order chi connectivity index (χ1) is 17.7. The van der Waals surface area contributed by atoms with Crippen molar-refractivity contribution >= 4 is 34.1 Å². The van der Waals surface area contributed by atoms with Crippen molar-refractivity contribution in [3.63, 3.8) is 0 Å². The van der Waals surface area contributed by atoms with Crippen molar-refractivity contribution in [3.8, 4) is 11.4 Å². The van der Waals surface area contributed by atoms with Gasteiger partial charge in [-0.05, 0) is 61.9 Å². The van der Waals surface area contributed by atoms with Gasteiger partial charge in [0.2, 0.25) is 0 Å². The monoisotopic (exact) mass is 503 g/mol. The van der Waals surface area contributed by atoms with E-state index in [2.05, 4.69) is 35.8 Å². The number of hydrogen-bond donors (Lipinski definition) is 3. The second-order valence-electron chi connectivity index (χ2n) is 8.37. The first-order valence-electron chi connectivity index (χ1n) is 11.2. The van der Waals surface area contributed by atoms with Crippen LogP contribution >= 0.6 is 0 Å². The van der Waals surface area contributed by atoms with Crippen molar-refractivity contribution in [1.82, 2.24) is 25.1 Å². The Morgan fingerprint density at radius 3 is 2.59 bits per heavy atom. The Morgan fingerprint density at radius 1 is 1.00 bits per heavy atom. The number of H-pyrrole nitrogens is 1. The highest BCUT2D eigenvalue weighted by molar-refractivity contribution is 6.05. The van der Waals surface area contributed by atoms with E-state index in [0.29, 0.717) is 33.9 Å². The Balaban J connectivity index is 1.47. The molecule has 186 valence electrons. The van der Waals surface area contributed by atoms with Crippen LogP contribution in [0.2, 0.25) is 0 Å². The second kappa shape index (κ2) is 9.34. The van der Waals surface area contributed by atoms with Crippen LogP contribution in [0.25, 0.3) is 22.4 Å². The third-order valence-corrected chi connectivity index (χ3v) is 5.71. The zero-order valence-corrected chi connectivity index (χ0v) is 19.7. The fourth-order valence-corrected chi connectivity index (χ4v) is 3.78. The number of alkyl halides is 3. The molecular weight excluding hydrogens is 483 g/mol. The molecule has 2 aromatic carbocycles. The van der Waals surface area contributed by atoms with E-state index in [1.165, 1.54) is 12.1 Å². The fourth-order valence-electron chi connectivity index (χ4n) is 3.78. The molecule has 3 N–H and O–H groups in total. The van der Waals surface area contributed by atoms with Crippen molar-refractivity contribution in [2.75, 3.05) is 10.6 Å². The number of amides is 1. The van der Waals surface area contributed by atoms with Crippen molar-refractivity contribution in [2.24, 2.45) is 0 Å². The molecule has 0 saturated heterocycles. The van der Waals surface area contributed by atoms with E-state index in [1.807, 2.05) is 19.9 Å². The van der Waals surface area contributed by atoms with Crippen LogP contribution in [0.4, 0.5) is 30.4 Å². The maximum Gasteiger partial charge on any atom is 0.416 e. The van der Waals surface area contributed by atoms with E-state index in [-0.39, 0.29) is 11.3 Å². The summed E-state index contributed by atoms with van der Waals surface area (Å²) >= 11 is 0. The van der Waals surface area contributed by atoms with E-state index in [1.54, 1.807) is 36.7 Å². The lowest BCUT2D eigenvalue weighted by Crippen LogP contribution is -2.13. The van der Waals surface area contributed by atoms with Gasteiger partial charge in [0.1, 0.15) is 5.82 Å². The molecule has 0 atom stereocenters. The number of anilines is 3. The van der Waals surface area contributed by atoms with E-state index in [9.17, 15) is 18.0 Å². The van der Waals surface area contributed by atoms with Crippen LogP contribution in [0.5, 0.6) is 0 Å². The van der Waals surface area contributed by atoms with Gasteiger partial charge in [0.15, 0.2) is 11.5 Å². The minimum atomic E-state index is -4.51. The summed E-state index contributed by atoms with van der Waals surface area (Å²) in [5.74, 6) is 0.352. The number of halogens is 3. The van der Waals surface area contributed by atoms with Crippen molar-refractivity contribution in [3.05, 3.63) is 89.4 Å². The van der Waals surface area contributed by atoms with Gasteiger partial charge in [-0.2, -0.15) is 18.3 Å². The number of aromatic nitrogens is 5. The number of hydrogen-bond acceptors (Lipinski definition) is 6. The van der Waals surface area contributed by atoms with Gasteiger partial charge in [-0.3, -0.25) is 14.9 Å². The van der Waals surface area contributed by atoms with Gasteiger partial charge in [0.05, 0.1) is 10.9 Å². The Kier molecular flexibility index (Phi) is 6.04. The van der Waals surface area contributed by atoms with Gasteiger partial charge in [0, 0.05) is 40.6 Å². The van der Waals surface area contributed by atoms with Crippen LogP contribution in [0.15, 0.2) is 67.0 Å². The number of rotatable bonds is 5. The summed E-state index contributed by atoms with van der Waals surface area (Å²) < 4.78 is 39.1. The molecule has 0 bridgehead atoms. The van der Waals surface area contributed by atoms with Gasteiger partial charge in [-0.1, -0.05) is 12.1 Å². The van der Waals surface area contributed by atoms with E-state index >= 15 is 0 Å². The Labute approximate surface area is 209 Å². The standard InChI is InChI=1S/C26H20F3N7O/c1-14-8-9-16(25(37)31-19-7-3-6-18(12-19)26(27,28)29)11-20(14)32-23-21-15(2)35-36-24(21)34-22(33-23)17-5-4-10-30-13-17/h3-13H,1-2H3,(H,31,37)(H2,32,33,34,35,36). The number of aryl methyl sites for hydroxylation is 2. The number of carbonyl (C=O) groups excluding carboxylic acids is 1. The van der Waals surface area contributed by atoms with Crippen molar-refractivity contribution in [2.45, 2.75) is 20.0 Å². The summed E-state index contributed by atoms with van der Waals surface area (Å²) in [6, 6.07) is 13.1. The minimum absolute atomic E-state index is 0.0440. The maximum absolute atomic E-state index is 13.0. The molecule has 0 aliphatic heterocycles. The summed E-state index contributed by atoms with van der Waals surface area (Å²) in [5.41, 5.74) is 2.80. The summed E-state index contributed by atoms with van der Waals surface area (Å²) in [6.45, 7) is 3.71. The molecule has 3 aromatic heterocycles. The van der Waals surface area contributed by atoms with Gasteiger partial charge in [0.25, 0.3) is 5.91 Å². The van der Waals surface area contributed by atoms with Crippen molar-refractivity contribution in [1.29, 1.82) is 0 Å². The highest BCUT2D eigenvalue weighted by Gasteiger charge is 2.30. The lowest BCUT2D eigenvalue weighted by molar-refractivity contribution is -0.137. The first-order valence-corrected chi connectivity index (χ1v) is 11.2. The highest BCUT2D eigenvalue weighted by atomic mass is 19.4. The number of pyridine rings is 1. The second-order valence-corrected chi connectivity index (χ2v) is 8.37. The van der Waals surface area contributed by atoms with E-state index in [0.717, 1.165) is 23.4 Å². The van der Waals surface area contributed by atoms with Crippen LogP contribution < -0.4 is 10.6 Å². The van der Waals surface area contributed by atoms with Gasteiger partial charge >= 0.3 is 6.18 Å². The van der Waals surface area contributed by atoms with E-state index < -0.39 is 17.6 Å². The number of aromatic amines is 1. The van der Waals surface area contributed by atoms with Crippen LogP contribution in [-0.4, -0.2) is 31.1 Å². The third kappa shape index (κ3) is 4.96. The summed E-state index contributed by atoms with van der Waals surface area (Å²) in [5, 5.41) is 13.7. The average molecular weight is 503 g/mol. The Morgan fingerprint density at radius 2 is 1.84 bits per heavy atom. The number of fused-ring (bicyclic) bond motifs is 1. The molecule has 11 heteroatoms. The molecule has 3 heterocycles. The van der Waals surface area contributed by atoms with Crippen LogP contribution in [0, 0.1) is 13.8 Å². The molecule has 0 aliphatic carbocycles. The quantitative estimate of drug-likeness (QED) is 0.270. The Bertz CT molecular complexity index is 1610. The molecule has 0 unspecified atom stereocenters. The lowest BCUT2D eigenvalue weighted by atomic mass is 10.1. The first kappa shape index (κ1) is 23.9. The smallest absolute Gasteiger partial charge is 0.339 e. The number of carbonyl (C=O) groups is 1. The largest absolute Gasteiger partial charge is 0.416 e. The zero-order chi connectivity index (χ0) is 26.2. The lowest BCUT2D eigenvalue weighted by Gasteiger charge is -2.14. The van der Waals surface area contributed by atoms with Gasteiger partial charge in [-0.15, -0.1) is 0 Å².